The Labute approximate surface area is 217 Å². The number of hydrogen-bond acceptors (Lipinski definition) is 5. The van der Waals surface area contributed by atoms with Crippen LogP contribution in [0.25, 0.3) is 0 Å². The largest absolute Gasteiger partial charge is 0.463 e. The summed E-state index contributed by atoms with van der Waals surface area (Å²) < 4.78 is 18.8. The third-order valence-electron chi connectivity index (χ3n) is 6.68. The highest BCUT2D eigenvalue weighted by atomic mass is 16.7. The second-order valence-corrected chi connectivity index (χ2v) is 9.71. The molecular formula is C31H32N2O4. The summed E-state index contributed by atoms with van der Waals surface area (Å²) in [4.78, 5) is 17.1. The summed E-state index contributed by atoms with van der Waals surface area (Å²) in [6.45, 7) is 4.32. The molecule has 0 saturated carbocycles. The second kappa shape index (κ2) is 10.7. The van der Waals surface area contributed by atoms with E-state index in [1.165, 1.54) is 0 Å². The summed E-state index contributed by atoms with van der Waals surface area (Å²) >= 11 is 0. The minimum absolute atomic E-state index is 0.190. The Bertz CT molecular complexity index is 1210. The fraction of sp³-hybridized carbons (Fsp3) is 0.290. The highest BCUT2D eigenvalue weighted by molar-refractivity contribution is 5.69. The number of aryl methyl sites for hydroxylation is 1. The first-order valence-corrected chi connectivity index (χ1v) is 12.6. The maximum absolute atomic E-state index is 12.4. The van der Waals surface area contributed by atoms with Crippen molar-refractivity contribution in [3.8, 4) is 0 Å². The number of carbonyl (C=O) groups is 1. The number of esters is 1. The van der Waals surface area contributed by atoms with Gasteiger partial charge in [-0.2, -0.15) is 0 Å². The van der Waals surface area contributed by atoms with Gasteiger partial charge >= 0.3 is 5.97 Å². The summed E-state index contributed by atoms with van der Waals surface area (Å²) in [7, 11) is 0. The molecular weight excluding hydrogens is 464 g/mol. The van der Waals surface area contributed by atoms with Gasteiger partial charge in [-0.15, -0.1) is 0 Å². The van der Waals surface area contributed by atoms with Crippen molar-refractivity contribution in [2.24, 2.45) is 0 Å². The Morgan fingerprint density at radius 3 is 1.97 bits per heavy atom. The van der Waals surface area contributed by atoms with E-state index in [1.54, 1.807) is 0 Å². The molecule has 1 aliphatic rings. The van der Waals surface area contributed by atoms with Gasteiger partial charge in [-0.05, 0) is 30.5 Å². The summed E-state index contributed by atoms with van der Waals surface area (Å²) in [6.07, 6.45) is 4.38. The van der Waals surface area contributed by atoms with Crippen LogP contribution in [0, 0.1) is 0 Å². The second-order valence-electron chi connectivity index (χ2n) is 9.71. The molecule has 0 aliphatic carbocycles. The zero-order valence-electron chi connectivity index (χ0n) is 21.2. The Balaban J connectivity index is 1.40. The van der Waals surface area contributed by atoms with E-state index >= 15 is 0 Å². The number of benzene rings is 3. The number of aromatic nitrogens is 2. The first kappa shape index (κ1) is 24.9. The molecule has 6 heteroatoms. The van der Waals surface area contributed by atoms with E-state index in [4.69, 9.17) is 19.2 Å². The van der Waals surface area contributed by atoms with Gasteiger partial charge in [-0.1, -0.05) is 91.0 Å². The fourth-order valence-electron chi connectivity index (χ4n) is 4.99. The fourth-order valence-corrected chi connectivity index (χ4v) is 4.99. The molecule has 1 aromatic heterocycles. The molecule has 0 amide bonds. The van der Waals surface area contributed by atoms with Gasteiger partial charge in [0.25, 0.3) is 0 Å². The molecule has 3 aromatic carbocycles. The lowest BCUT2D eigenvalue weighted by molar-refractivity contribution is -0.158. The normalized spacial score (nSPS) is 17.0. The maximum Gasteiger partial charge on any atom is 0.306 e. The van der Waals surface area contributed by atoms with E-state index in [1.807, 2.05) is 44.6 Å². The predicted molar refractivity (Wildman–Crippen MR) is 141 cm³/mol. The molecule has 190 valence electrons. The van der Waals surface area contributed by atoms with Gasteiger partial charge in [0.15, 0.2) is 5.79 Å². The van der Waals surface area contributed by atoms with Crippen molar-refractivity contribution in [1.29, 1.82) is 0 Å². The monoisotopic (exact) mass is 496 g/mol. The minimum atomic E-state index is -0.632. The Hall–Kier alpha value is -3.74. The first-order valence-electron chi connectivity index (χ1n) is 12.6. The molecule has 2 heterocycles. The number of imidazole rings is 1. The molecule has 4 aromatic rings. The lowest BCUT2D eigenvalue weighted by Gasteiger charge is -2.37. The summed E-state index contributed by atoms with van der Waals surface area (Å²) in [5.41, 5.74) is 3.57. The van der Waals surface area contributed by atoms with Crippen LogP contribution in [0.5, 0.6) is 0 Å². The van der Waals surface area contributed by atoms with Crippen LogP contribution in [0.2, 0.25) is 0 Å². The van der Waals surface area contributed by atoms with Crippen molar-refractivity contribution in [2.75, 3.05) is 13.2 Å². The van der Waals surface area contributed by atoms with E-state index in [0.29, 0.717) is 13.0 Å². The summed E-state index contributed by atoms with van der Waals surface area (Å²) in [5.74, 6) is -0.907. The number of rotatable bonds is 9. The van der Waals surface area contributed by atoms with Crippen molar-refractivity contribution >= 4 is 5.97 Å². The SMILES string of the molecule is CC1(C)OCC(COC(=O)CCc2cn(C(c3ccccc3)(c3ccccc3)c3ccccc3)cn2)O1. The minimum Gasteiger partial charge on any atom is -0.463 e. The molecule has 37 heavy (non-hydrogen) atoms. The van der Waals surface area contributed by atoms with Crippen LogP contribution in [0.4, 0.5) is 0 Å². The molecule has 5 rings (SSSR count). The first-order chi connectivity index (χ1) is 18.0. The highest BCUT2D eigenvalue weighted by Gasteiger charge is 2.38. The molecule has 0 N–H and O–H groups in total. The van der Waals surface area contributed by atoms with Crippen LogP contribution >= 0.6 is 0 Å². The average molecular weight is 497 g/mol. The van der Waals surface area contributed by atoms with Gasteiger partial charge < -0.3 is 18.8 Å². The van der Waals surface area contributed by atoms with Gasteiger partial charge in [-0.25, -0.2) is 4.98 Å². The van der Waals surface area contributed by atoms with Crippen molar-refractivity contribution in [3.05, 3.63) is 126 Å². The Kier molecular flexibility index (Phi) is 7.22. The number of hydrogen-bond donors (Lipinski definition) is 0. The molecule has 6 nitrogen and oxygen atoms in total. The average Bonchev–Trinajstić information content (AvgIpc) is 3.55. The van der Waals surface area contributed by atoms with Crippen LogP contribution in [0.1, 0.15) is 42.7 Å². The van der Waals surface area contributed by atoms with Crippen LogP contribution in [-0.2, 0) is 31.0 Å². The predicted octanol–water partition coefficient (Wildman–Crippen LogP) is 5.35. The van der Waals surface area contributed by atoms with Crippen LogP contribution in [-0.4, -0.2) is 40.6 Å². The van der Waals surface area contributed by atoms with Gasteiger partial charge in [0.05, 0.1) is 25.0 Å². The molecule has 1 fully saturated rings. The molecule has 1 saturated heterocycles. The van der Waals surface area contributed by atoms with Gasteiger partial charge in [0.2, 0.25) is 0 Å². The van der Waals surface area contributed by atoms with Gasteiger partial charge in [0.1, 0.15) is 18.2 Å². The van der Waals surface area contributed by atoms with Crippen molar-refractivity contribution in [2.45, 2.75) is 44.1 Å². The summed E-state index contributed by atoms with van der Waals surface area (Å²) in [6, 6.07) is 31.3. The summed E-state index contributed by atoms with van der Waals surface area (Å²) in [5, 5.41) is 0. The number of nitrogens with zero attached hydrogens (tertiary/aromatic N) is 2. The van der Waals surface area contributed by atoms with Crippen molar-refractivity contribution < 1.29 is 19.0 Å². The third-order valence-corrected chi connectivity index (χ3v) is 6.68. The molecule has 1 atom stereocenters. The number of carbonyl (C=O) groups excluding carboxylic acids is 1. The van der Waals surface area contributed by atoms with E-state index in [-0.39, 0.29) is 25.1 Å². The van der Waals surface area contributed by atoms with Gasteiger partial charge in [0, 0.05) is 12.6 Å². The van der Waals surface area contributed by atoms with E-state index in [9.17, 15) is 4.79 Å². The standard InChI is InChI=1S/C31H32N2O4/c1-30(2)36-22-28(37-30)21-35-29(34)19-18-27-20-33(23-32-27)31(24-12-6-3-7-13-24,25-14-8-4-9-15-25)26-16-10-5-11-17-26/h3-17,20,23,28H,18-19,21-22H2,1-2H3. The van der Waals surface area contributed by atoms with Crippen LogP contribution < -0.4 is 0 Å². The van der Waals surface area contributed by atoms with E-state index < -0.39 is 11.3 Å². The zero-order valence-corrected chi connectivity index (χ0v) is 21.2. The van der Waals surface area contributed by atoms with Crippen LogP contribution in [0.3, 0.4) is 0 Å². The smallest absolute Gasteiger partial charge is 0.306 e. The third kappa shape index (κ3) is 5.36. The van der Waals surface area contributed by atoms with Gasteiger partial charge in [-0.3, -0.25) is 4.79 Å². The lowest BCUT2D eigenvalue weighted by atomic mass is 9.77. The molecule has 0 bridgehead atoms. The van der Waals surface area contributed by atoms with Crippen molar-refractivity contribution in [3.63, 3.8) is 0 Å². The lowest BCUT2D eigenvalue weighted by Crippen LogP contribution is -2.36. The molecule has 0 radical (unpaired) electrons. The Morgan fingerprint density at radius 2 is 1.49 bits per heavy atom. The zero-order chi connectivity index (χ0) is 25.7. The topological polar surface area (TPSA) is 62.6 Å². The quantitative estimate of drug-likeness (QED) is 0.231. The molecule has 0 spiro atoms. The van der Waals surface area contributed by atoms with Crippen molar-refractivity contribution in [1.82, 2.24) is 9.55 Å². The molecule has 1 unspecified atom stereocenters. The van der Waals surface area contributed by atoms with E-state index in [0.717, 1.165) is 22.4 Å². The maximum atomic E-state index is 12.4. The molecule has 1 aliphatic heterocycles. The highest BCUT2D eigenvalue weighted by Crippen LogP contribution is 2.40. The number of ether oxygens (including phenoxy) is 3. The van der Waals surface area contributed by atoms with Crippen LogP contribution in [0.15, 0.2) is 104 Å². The van der Waals surface area contributed by atoms with E-state index in [2.05, 4.69) is 77.4 Å². The Morgan fingerprint density at radius 1 is 0.946 bits per heavy atom.